The van der Waals surface area contributed by atoms with Gasteiger partial charge in [0.2, 0.25) is 0 Å². The van der Waals surface area contributed by atoms with Gasteiger partial charge in [-0.05, 0) is 38.8 Å². The Bertz CT molecular complexity index is 259. The Morgan fingerprint density at radius 1 is 0.652 bits per heavy atom. The highest BCUT2D eigenvalue weighted by Gasteiger charge is 1.98. The third-order valence-electron chi connectivity index (χ3n) is 4.16. The minimum absolute atomic E-state index is 0.734. The highest BCUT2D eigenvalue weighted by Crippen LogP contribution is 2.11. The summed E-state index contributed by atoms with van der Waals surface area (Å²) >= 11 is 0. The van der Waals surface area contributed by atoms with E-state index < -0.39 is 0 Å². The van der Waals surface area contributed by atoms with Gasteiger partial charge in [0, 0.05) is 13.0 Å². The van der Waals surface area contributed by atoms with Crippen molar-refractivity contribution in [1.82, 2.24) is 5.48 Å². The van der Waals surface area contributed by atoms with Gasteiger partial charge in [-0.15, -0.1) is 0 Å². The van der Waals surface area contributed by atoms with Crippen LogP contribution in [0.25, 0.3) is 0 Å². The van der Waals surface area contributed by atoms with Crippen LogP contribution in [0.5, 0.6) is 0 Å². The first-order valence-corrected chi connectivity index (χ1v) is 9.68. The summed E-state index contributed by atoms with van der Waals surface area (Å²) in [6.07, 6.45) is 16.9. The number of nitrogens with zero attached hydrogens (tertiary/aromatic N) is 1. The number of hydroxylamine groups is 1. The number of nitrogens with one attached hydrogen (secondary N) is 1. The number of rotatable bonds is 17. The Labute approximate surface area is 143 Å². The molecule has 0 aliphatic carbocycles. The van der Waals surface area contributed by atoms with Crippen molar-refractivity contribution in [1.29, 1.82) is 0 Å². The van der Waals surface area contributed by atoms with Crippen LogP contribution in [-0.4, -0.2) is 30.7 Å². The highest BCUT2D eigenvalue weighted by atomic mass is 16.5. The molecule has 0 aromatic carbocycles. The smallest absolute Gasteiger partial charge is 0.120 e. The van der Waals surface area contributed by atoms with Crippen molar-refractivity contribution in [3.05, 3.63) is 0 Å². The number of hydrogen-bond acceptors (Lipinski definition) is 4. The standard InChI is InChI=1S/C18H40N4O/c19-15-11-8-6-4-2-1-3-5-7-10-14-18(22-23)21-17-13-9-12-16-20/h23H,1-17,19-20H2,(H,21,22). The van der Waals surface area contributed by atoms with E-state index in [9.17, 15) is 0 Å². The van der Waals surface area contributed by atoms with Gasteiger partial charge >= 0.3 is 0 Å². The summed E-state index contributed by atoms with van der Waals surface area (Å²) < 4.78 is 0. The van der Waals surface area contributed by atoms with E-state index in [0.29, 0.717) is 0 Å². The second kappa shape index (κ2) is 19.4. The van der Waals surface area contributed by atoms with E-state index in [2.05, 4.69) is 10.5 Å². The van der Waals surface area contributed by atoms with Gasteiger partial charge in [0.1, 0.15) is 5.84 Å². The molecule has 0 aliphatic heterocycles. The van der Waals surface area contributed by atoms with E-state index in [1.807, 2.05) is 0 Å². The predicted molar refractivity (Wildman–Crippen MR) is 100.0 cm³/mol. The van der Waals surface area contributed by atoms with Crippen molar-refractivity contribution in [2.45, 2.75) is 89.9 Å². The molecular weight excluding hydrogens is 288 g/mol. The van der Waals surface area contributed by atoms with E-state index in [4.69, 9.17) is 16.7 Å². The molecule has 6 N–H and O–H groups in total. The zero-order valence-electron chi connectivity index (χ0n) is 15.1. The number of amidine groups is 1. The SMILES string of the molecule is NCCCCCCCCCCCCC(=NCCCCCN)NO. The van der Waals surface area contributed by atoms with Gasteiger partial charge in [0.25, 0.3) is 0 Å². The molecule has 0 amide bonds. The molecule has 0 fully saturated rings. The van der Waals surface area contributed by atoms with Crippen molar-refractivity contribution in [2.24, 2.45) is 16.5 Å². The van der Waals surface area contributed by atoms with E-state index in [-0.39, 0.29) is 0 Å². The van der Waals surface area contributed by atoms with Gasteiger partial charge in [-0.2, -0.15) is 0 Å². The molecule has 0 saturated heterocycles. The summed E-state index contributed by atoms with van der Waals surface area (Å²) in [6, 6.07) is 0. The molecule has 0 radical (unpaired) electrons. The Morgan fingerprint density at radius 3 is 1.57 bits per heavy atom. The molecule has 0 bridgehead atoms. The number of unbranched alkanes of at least 4 members (excludes halogenated alkanes) is 11. The molecule has 0 unspecified atom stereocenters. The molecule has 23 heavy (non-hydrogen) atoms. The van der Waals surface area contributed by atoms with E-state index in [1.54, 1.807) is 0 Å². The molecule has 5 nitrogen and oxygen atoms in total. The summed E-state index contributed by atoms with van der Waals surface area (Å²) in [7, 11) is 0. The predicted octanol–water partition coefficient (Wildman–Crippen LogP) is 3.74. The largest absolute Gasteiger partial charge is 0.330 e. The summed E-state index contributed by atoms with van der Waals surface area (Å²) in [5.41, 5.74) is 13.2. The molecule has 0 saturated carbocycles. The fraction of sp³-hybridized carbons (Fsp3) is 0.944. The first-order valence-electron chi connectivity index (χ1n) is 9.68. The number of aliphatic imine (C=N–C) groups is 1. The summed E-state index contributed by atoms with van der Waals surface area (Å²) in [5, 5.41) is 9.08. The molecule has 0 aromatic rings. The van der Waals surface area contributed by atoms with Crippen LogP contribution in [0, 0.1) is 0 Å². The lowest BCUT2D eigenvalue weighted by molar-refractivity contribution is 0.231. The van der Waals surface area contributed by atoms with Gasteiger partial charge in [-0.3, -0.25) is 15.7 Å². The molecule has 0 rings (SSSR count). The van der Waals surface area contributed by atoms with Crippen LogP contribution in [0.4, 0.5) is 0 Å². The van der Waals surface area contributed by atoms with Crippen molar-refractivity contribution in [3.63, 3.8) is 0 Å². The van der Waals surface area contributed by atoms with Gasteiger partial charge in [0.15, 0.2) is 0 Å². The highest BCUT2D eigenvalue weighted by molar-refractivity contribution is 5.80. The molecule has 0 atom stereocenters. The minimum Gasteiger partial charge on any atom is -0.330 e. The number of hydrogen-bond donors (Lipinski definition) is 4. The van der Waals surface area contributed by atoms with Gasteiger partial charge in [0.05, 0.1) is 0 Å². The van der Waals surface area contributed by atoms with E-state index >= 15 is 0 Å². The molecule has 0 aliphatic rings. The molecular formula is C18H40N4O. The quantitative estimate of drug-likeness (QED) is 0.141. The third kappa shape index (κ3) is 17.5. The Morgan fingerprint density at radius 2 is 1.09 bits per heavy atom. The third-order valence-corrected chi connectivity index (χ3v) is 4.16. The Balaban J connectivity index is 3.35. The maximum Gasteiger partial charge on any atom is 0.120 e. The number of nitrogens with two attached hydrogens (primary N) is 2. The molecule has 138 valence electrons. The normalized spacial score (nSPS) is 11.9. The summed E-state index contributed by atoms with van der Waals surface area (Å²) in [6.45, 7) is 2.37. The first-order chi connectivity index (χ1) is 11.3. The lowest BCUT2D eigenvalue weighted by Crippen LogP contribution is -2.19. The van der Waals surface area contributed by atoms with Crippen molar-refractivity contribution >= 4 is 5.84 Å². The first kappa shape index (κ1) is 22.4. The van der Waals surface area contributed by atoms with Crippen LogP contribution in [0.15, 0.2) is 4.99 Å². The Kier molecular flexibility index (Phi) is 18.8. The van der Waals surface area contributed by atoms with Crippen LogP contribution >= 0.6 is 0 Å². The van der Waals surface area contributed by atoms with Crippen molar-refractivity contribution in [2.75, 3.05) is 19.6 Å². The monoisotopic (exact) mass is 328 g/mol. The lowest BCUT2D eigenvalue weighted by atomic mass is 10.1. The lowest BCUT2D eigenvalue weighted by Gasteiger charge is -2.05. The maximum atomic E-state index is 9.08. The summed E-state index contributed by atoms with van der Waals surface area (Å²) in [4.78, 5) is 4.40. The van der Waals surface area contributed by atoms with E-state index in [0.717, 1.165) is 57.6 Å². The van der Waals surface area contributed by atoms with Crippen LogP contribution in [0.2, 0.25) is 0 Å². The zero-order valence-corrected chi connectivity index (χ0v) is 15.1. The van der Waals surface area contributed by atoms with Crippen molar-refractivity contribution < 1.29 is 5.21 Å². The molecule has 0 spiro atoms. The van der Waals surface area contributed by atoms with Gasteiger partial charge in [-0.25, -0.2) is 0 Å². The molecule has 5 heteroatoms. The fourth-order valence-corrected chi connectivity index (χ4v) is 2.67. The minimum atomic E-state index is 0.734. The average molecular weight is 329 g/mol. The van der Waals surface area contributed by atoms with Crippen LogP contribution < -0.4 is 16.9 Å². The van der Waals surface area contributed by atoms with Gasteiger partial charge < -0.3 is 11.5 Å². The van der Waals surface area contributed by atoms with Gasteiger partial charge in [-0.1, -0.05) is 57.8 Å². The average Bonchev–Trinajstić information content (AvgIpc) is 2.57. The second-order valence-electron chi connectivity index (χ2n) is 6.36. The second-order valence-corrected chi connectivity index (χ2v) is 6.36. The van der Waals surface area contributed by atoms with Crippen molar-refractivity contribution in [3.8, 4) is 0 Å². The fourth-order valence-electron chi connectivity index (χ4n) is 2.67. The topological polar surface area (TPSA) is 96.7 Å². The Hall–Kier alpha value is -0.650. The summed E-state index contributed by atoms with van der Waals surface area (Å²) in [5.74, 6) is 0.734. The maximum absolute atomic E-state index is 9.08. The van der Waals surface area contributed by atoms with Crippen LogP contribution in [0.1, 0.15) is 89.9 Å². The zero-order chi connectivity index (χ0) is 17.0. The molecule has 0 heterocycles. The van der Waals surface area contributed by atoms with Crippen LogP contribution in [0.3, 0.4) is 0 Å². The van der Waals surface area contributed by atoms with E-state index in [1.165, 1.54) is 57.8 Å². The van der Waals surface area contributed by atoms with Crippen LogP contribution in [-0.2, 0) is 0 Å². The molecule has 0 aromatic heterocycles.